The molecule has 0 unspecified atom stereocenters. The lowest BCUT2D eigenvalue weighted by molar-refractivity contribution is -0.113. The molecule has 0 fully saturated rings. The van der Waals surface area contributed by atoms with Gasteiger partial charge in [0.1, 0.15) is 5.75 Å². The van der Waals surface area contributed by atoms with Gasteiger partial charge in [-0.25, -0.2) is 0 Å². The maximum atomic E-state index is 10.8. The molecular weight excluding hydrogens is 269 g/mol. The molecular formula is C15H22BNO4. The molecule has 0 aliphatic heterocycles. The molecule has 0 atom stereocenters. The minimum atomic E-state index is -1.01. The highest BCUT2D eigenvalue weighted by atomic mass is 16.5. The molecule has 5 nitrogen and oxygen atoms in total. The number of carbonyl (C=O) groups excluding carboxylic acids is 1. The van der Waals surface area contributed by atoms with Gasteiger partial charge in [0, 0.05) is 6.08 Å². The summed E-state index contributed by atoms with van der Waals surface area (Å²) in [5, 5.41) is 19.6. The minimum absolute atomic E-state index is 0.0876. The number of primary amides is 1. The van der Waals surface area contributed by atoms with E-state index in [0.29, 0.717) is 5.56 Å². The van der Waals surface area contributed by atoms with Gasteiger partial charge >= 0.3 is 7.48 Å². The van der Waals surface area contributed by atoms with E-state index >= 15 is 0 Å². The van der Waals surface area contributed by atoms with Crippen molar-refractivity contribution in [2.75, 3.05) is 0 Å². The van der Waals surface area contributed by atoms with Gasteiger partial charge in [-0.05, 0) is 56.9 Å². The van der Waals surface area contributed by atoms with Crippen molar-refractivity contribution in [3.8, 4) is 5.75 Å². The van der Waals surface area contributed by atoms with Gasteiger partial charge in [-0.1, -0.05) is 6.07 Å². The Morgan fingerprint density at radius 1 is 1.33 bits per heavy atom. The van der Waals surface area contributed by atoms with E-state index in [1.807, 2.05) is 0 Å². The van der Waals surface area contributed by atoms with Gasteiger partial charge in [0.05, 0.1) is 11.2 Å². The highest BCUT2D eigenvalue weighted by Gasteiger charge is 2.35. The lowest BCUT2D eigenvalue weighted by Gasteiger charge is -2.37. The average molecular weight is 291 g/mol. The zero-order chi connectivity index (χ0) is 16.3. The van der Waals surface area contributed by atoms with Crippen LogP contribution in [0.3, 0.4) is 0 Å². The SMILES string of the molecule is CC(C)(O)C(C)(C)OBc1ccc(O)cc1/C=C/C(N)=O. The first-order valence-corrected chi connectivity index (χ1v) is 6.69. The number of amides is 1. The fraction of sp³-hybridized carbons (Fsp3) is 0.400. The molecule has 0 saturated carbocycles. The largest absolute Gasteiger partial charge is 0.508 e. The van der Waals surface area contributed by atoms with Gasteiger partial charge in [0.15, 0.2) is 0 Å². The monoisotopic (exact) mass is 291 g/mol. The Morgan fingerprint density at radius 3 is 2.48 bits per heavy atom. The highest BCUT2D eigenvalue weighted by Crippen LogP contribution is 2.24. The number of nitrogens with two attached hydrogens (primary N) is 1. The van der Waals surface area contributed by atoms with Crippen LogP contribution in [0.25, 0.3) is 6.08 Å². The topological polar surface area (TPSA) is 92.8 Å². The predicted molar refractivity (Wildman–Crippen MR) is 84.6 cm³/mol. The number of phenolic OH excluding ortho intramolecular Hbond substituents is 1. The van der Waals surface area contributed by atoms with Gasteiger partial charge in [-0.15, -0.1) is 0 Å². The Bertz CT molecular complexity index is 547. The molecule has 4 N–H and O–H groups in total. The van der Waals surface area contributed by atoms with Crippen LogP contribution in [-0.2, 0) is 9.45 Å². The van der Waals surface area contributed by atoms with E-state index in [-0.39, 0.29) is 13.2 Å². The summed E-state index contributed by atoms with van der Waals surface area (Å²) in [5.41, 5.74) is 4.73. The van der Waals surface area contributed by atoms with Gasteiger partial charge in [-0.3, -0.25) is 4.79 Å². The van der Waals surface area contributed by atoms with E-state index in [4.69, 9.17) is 10.4 Å². The number of hydrogen-bond donors (Lipinski definition) is 3. The fourth-order valence-electron chi connectivity index (χ4n) is 1.48. The number of rotatable bonds is 6. The molecule has 0 spiro atoms. The van der Waals surface area contributed by atoms with E-state index in [9.17, 15) is 15.0 Å². The third-order valence-electron chi connectivity index (χ3n) is 3.62. The molecule has 1 rings (SSSR count). The molecule has 0 radical (unpaired) electrons. The van der Waals surface area contributed by atoms with E-state index in [0.717, 1.165) is 5.46 Å². The zero-order valence-corrected chi connectivity index (χ0v) is 12.9. The highest BCUT2D eigenvalue weighted by molar-refractivity contribution is 6.48. The summed E-state index contributed by atoms with van der Waals surface area (Å²) in [5.74, 6) is -0.480. The van der Waals surface area contributed by atoms with Gasteiger partial charge in [0.2, 0.25) is 5.91 Å². The van der Waals surface area contributed by atoms with Gasteiger partial charge in [0.25, 0.3) is 0 Å². The van der Waals surface area contributed by atoms with E-state index in [1.54, 1.807) is 33.8 Å². The van der Waals surface area contributed by atoms with E-state index in [1.165, 1.54) is 24.3 Å². The fourth-order valence-corrected chi connectivity index (χ4v) is 1.48. The van der Waals surface area contributed by atoms with Crippen molar-refractivity contribution in [3.05, 3.63) is 29.8 Å². The minimum Gasteiger partial charge on any atom is -0.508 e. The molecule has 6 heteroatoms. The first kappa shape index (κ1) is 17.3. The first-order chi connectivity index (χ1) is 9.53. The number of benzene rings is 1. The van der Waals surface area contributed by atoms with Crippen LogP contribution in [0, 0.1) is 0 Å². The lowest BCUT2D eigenvalue weighted by Crippen LogP contribution is -2.49. The van der Waals surface area contributed by atoms with Crippen LogP contribution < -0.4 is 11.2 Å². The quantitative estimate of drug-likeness (QED) is 0.523. The smallest absolute Gasteiger partial charge is 0.310 e. The second-order valence-corrected chi connectivity index (χ2v) is 5.98. The van der Waals surface area contributed by atoms with Crippen molar-refractivity contribution in [1.82, 2.24) is 0 Å². The molecule has 0 aromatic heterocycles. The van der Waals surface area contributed by atoms with E-state index < -0.39 is 17.1 Å². The van der Waals surface area contributed by atoms with Gasteiger partial charge in [-0.2, -0.15) is 0 Å². The van der Waals surface area contributed by atoms with Crippen LogP contribution in [0.15, 0.2) is 24.3 Å². The maximum absolute atomic E-state index is 10.8. The van der Waals surface area contributed by atoms with E-state index in [2.05, 4.69) is 0 Å². The van der Waals surface area contributed by atoms with Crippen LogP contribution in [-0.4, -0.2) is 34.8 Å². The van der Waals surface area contributed by atoms with Crippen molar-refractivity contribution >= 4 is 24.9 Å². The zero-order valence-electron chi connectivity index (χ0n) is 12.9. The third-order valence-corrected chi connectivity index (χ3v) is 3.62. The number of phenols is 1. The molecule has 0 aliphatic carbocycles. The summed E-state index contributed by atoms with van der Waals surface area (Å²) in [6.45, 7) is 6.95. The van der Waals surface area contributed by atoms with Crippen molar-refractivity contribution in [2.24, 2.45) is 5.73 Å². The average Bonchev–Trinajstić information content (AvgIpc) is 2.33. The Hall–Kier alpha value is -1.79. The van der Waals surface area contributed by atoms with Crippen LogP contribution in [0.1, 0.15) is 33.3 Å². The van der Waals surface area contributed by atoms with Crippen LogP contribution >= 0.6 is 0 Å². The molecule has 0 bridgehead atoms. The van der Waals surface area contributed by atoms with Crippen LogP contribution in [0.5, 0.6) is 5.75 Å². The molecule has 0 aliphatic rings. The van der Waals surface area contributed by atoms with Crippen LogP contribution in [0.2, 0.25) is 0 Å². The van der Waals surface area contributed by atoms with Crippen LogP contribution in [0.4, 0.5) is 0 Å². The molecule has 1 aromatic rings. The third kappa shape index (κ3) is 4.92. The standard InChI is InChI=1S/C15H22BNO4/c1-14(2,20)15(3,4)21-16-12-7-6-11(18)9-10(12)5-8-13(17)19/h5-9,16,18,20H,1-4H3,(H2,17,19)/b8-5+. The molecule has 0 heterocycles. The summed E-state index contributed by atoms with van der Waals surface area (Å²) in [4.78, 5) is 10.8. The van der Waals surface area contributed by atoms with Gasteiger partial charge < -0.3 is 20.6 Å². The maximum Gasteiger partial charge on any atom is 0.310 e. The summed E-state index contributed by atoms with van der Waals surface area (Å²) < 4.78 is 5.79. The molecule has 21 heavy (non-hydrogen) atoms. The second kappa shape index (κ2) is 6.32. The Morgan fingerprint density at radius 2 is 1.95 bits per heavy atom. The van der Waals surface area contributed by atoms with Crippen molar-refractivity contribution in [3.63, 3.8) is 0 Å². The Kier molecular flexibility index (Phi) is 5.20. The molecule has 1 amide bonds. The van der Waals surface area contributed by atoms with Crippen molar-refractivity contribution < 1.29 is 19.7 Å². The molecule has 0 saturated heterocycles. The summed E-state index contributed by atoms with van der Waals surface area (Å²) >= 11 is 0. The predicted octanol–water partition coefficient (Wildman–Crippen LogP) is 0.434. The Labute approximate surface area is 125 Å². The Balaban J connectivity index is 2.96. The van der Waals surface area contributed by atoms with Crippen molar-refractivity contribution in [1.29, 1.82) is 0 Å². The lowest BCUT2D eigenvalue weighted by atomic mass is 9.80. The number of aromatic hydroxyl groups is 1. The number of aliphatic hydroxyl groups is 1. The molecule has 1 aromatic carbocycles. The second-order valence-electron chi connectivity index (χ2n) is 5.98. The normalized spacial score (nSPS) is 12.6. The van der Waals surface area contributed by atoms with Crippen molar-refractivity contribution in [2.45, 2.75) is 38.9 Å². The molecule has 114 valence electrons. The number of carbonyl (C=O) groups is 1. The number of hydrogen-bond acceptors (Lipinski definition) is 4. The summed E-state index contributed by atoms with van der Waals surface area (Å²) in [6.07, 6.45) is 2.75. The first-order valence-electron chi connectivity index (χ1n) is 6.69. The summed E-state index contributed by atoms with van der Waals surface area (Å²) in [7, 11) is 0.232. The summed E-state index contributed by atoms with van der Waals surface area (Å²) in [6, 6.07) is 4.77.